The summed E-state index contributed by atoms with van der Waals surface area (Å²) in [5.41, 5.74) is -0.0718. The fourth-order valence-corrected chi connectivity index (χ4v) is 3.94. The summed E-state index contributed by atoms with van der Waals surface area (Å²) in [5, 5.41) is 0. The van der Waals surface area contributed by atoms with Crippen molar-refractivity contribution in [2.24, 2.45) is 0 Å². The third-order valence-corrected chi connectivity index (χ3v) is 6.79. The first-order chi connectivity index (χ1) is 20.0. The summed E-state index contributed by atoms with van der Waals surface area (Å²) in [6, 6.07) is 20.5. The first-order valence-corrected chi connectivity index (χ1v) is 14.6. The van der Waals surface area contributed by atoms with Crippen molar-refractivity contribution in [1.82, 2.24) is 0 Å². The molecule has 8 heteroatoms. The fourth-order valence-electron chi connectivity index (χ4n) is 3.94. The van der Waals surface area contributed by atoms with E-state index in [0.29, 0.717) is 38.7 Å². The number of Topliss-reactive ketones (excluding diaryl/α,β-unsaturated/α-hetero) is 2. The van der Waals surface area contributed by atoms with Crippen molar-refractivity contribution in [2.45, 2.75) is 103 Å². The van der Waals surface area contributed by atoms with E-state index in [0.717, 1.165) is 11.1 Å². The molecule has 2 aromatic carbocycles. The van der Waals surface area contributed by atoms with Crippen LogP contribution in [0.15, 0.2) is 48.5 Å². The van der Waals surface area contributed by atoms with Gasteiger partial charge >= 0.3 is 11.9 Å². The molecule has 0 fully saturated rings. The molecule has 2 aromatic rings. The van der Waals surface area contributed by atoms with Gasteiger partial charge in [-0.15, -0.1) is 0 Å². The number of carbonyl (C=O) groups excluding carboxylic acids is 4. The number of ketones is 2. The van der Waals surface area contributed by atoms with Crippen molar-refractivity contribution in [3.05, 3.63) is 71.8 Å². The highest BCUT2D eigenvalue weighted by atomic mass is 16.6. The van der Waals surface area contributed by atoms with Crippen LogP contribution < -0.4 is 0 Å². The van der Waals surface area contributed by atoms with Gasteiger partial charge in [0, 0.05) is 25.7 Å². The van der Waals surface area contributed by atoms with Crippen molar-refractivity contribution in [2.75, 3.05) is 13.2 Å². The Bertz CT molecular complexity index is 1110. The molecule has 0 spiro atoms. The number of hydrogen-bond acceptors (Lipinski definition) is 8. The van der Waals surface area contributed by atoms with Gasteiger partial charge in [-0.2, -0.15) is 0 Å². The molecule has 0 saturated heterocycles. The van der Waals surface area contributed by atoms with Crippen LogP contribution in [0.25, 0.3) is 0 Å². The number of esters is 2. The first-order valence-electron chi connectivity index (χ1n) is 14.6. The Morgan fingerprint density at radius 2 is 1.19 bits per heavy atom. The van der Waals surface area contributed by atoms with E-state index in [1.807, 2.05) is 36.4 Å². The van der Waals surface area contributed by atoms with Crippen LogP contribution in [-0.4, -0.2) is 47.9 Å². The van der Waals surface area contributed by atoms with Crippen LogP contribution >= 0.6 is 0 Å². The summed E-state index contributed by atoms with van der Waals surface area (Å²) in [4.78, 5) is 49.1. The standard InChI is InChI=1S/C34H44O8/c1-33(2,29(35)19-12-14-22-32(38)40-25-27-15-7-5-8-16-27)41-24-23-39-31(37)21-13-11-20-30(36)34(3,4)42-26-28-17-9-6-10-18-28/h6-7,9-10,15-18H,11-14,19-26H2,1-4H3. The fraction of sp³-hybridized carbons (Fsp3) is 0.529. The van der Waals surface area contributed by atoms with Crippen LogP contribution in [0.2, 0.25) is 0 Å². The van der Waals surface area contributed by atoms with Gasteiger partial charge in [0.1, 0.15) is 24.4 Å². The number of benzene rings is 1. The second-order valence-electron chi connectivity index (χ2n) is 11.1. The van der Waals surface area contributed by atoms with E-state index < -0.39 is 11.2 Å². The van der Waals surface area contributed by atoms with Gasteiger partial charge in [-0.05, 0) is 82.7 Å². The van der Waals surface area contributed by atoms with Crippen LogP contribution in [0.4, 0.5) is 0 Å². The molecule has 0 aliphatic carbocycles. The zero-order chi connectivity index (χ0) is 30.8. The molecule has 0 saturated carbocycles. The highest BCUT2D eigenvalue weighted by Crippen LogP contribution is 2.19. The maximum atomic E-state index is 12.6. The van der Waals surface area contributed by atoms with Crippen LogP contribution in [0.3, 0.4) is 0 Å². The van der Waals surface area contributed by atoms with Crippen LogP contribution in [0.1, 0.15) is 90.2 Å². The molecule has 228 valence electrons. The molecular formula is C34H44O8. The Hall–Kier alpha value is -3.54. The monoisotopic (exact) mass is 580 g/mol. The molecule has 0 bridgehead atoms. The molecular weight excluding hydrogens is 536 g/mol. The van der Waals surface area contributed by atoms with Gasteiger partial charge in [0.05, 0.1) is 13.2 Å². The van der Waals surface area contributed by atoms with Crippen molar-refractivity contribution in [3.8, 4) is 0 Å². The smallest absolute Gasteiger partial charge is 0.306 e. The summed E-state index contributed by atoms with van der Waals surface area (Å²) in [5.74, 6) is -0.771. The largest absolute Gasteiger partial charge is 0.463 e. The predicted molar refractivity (Wildman–Crippen MR) is 157 cm³/mol. The normalized spacial score (nSPS) is 11.4. The number of ether oxygens (including phenoxy) is 4. The van der Waals surface area contributed by atoms with Gasteiger partial charge in [0.2, 0.25) is 0 Å². The zero-order valence-corrected chi connectivity index (χ0v) is 25.4. The quantitative estimate of drug-likeness (QED) is 0.132. The average molecular weight is 581 g/mol. The lowest BCUT2D eigenvalue weighted by Crippen LogP contribution is -2.36. The summed E-state index contributed by atoms with van der Waals surface area (Å²) >= 11 is 0. The third-order valence-electron chi connectivity index (χ3n) is 6.79. The molecule has 0 aliphatic heterocycles. The Labute approximate surface area is 250 Å². The van der Waals surface area contributed by atoms with E-state index >= 15 is 0 Å². The molecule has 0 N–H and O–H groups in total. The van der Waals surface area contributed by atoms with Gasteiger partial charge in [-0.3, -0.25) is 19.2 Å². The highest BCUT2D eigenvalue weighted by Gasteiger charge is 2.28. The number of unbranched alkanes of at least 4 members (excludes halogenated alkanes) is 2. The van der Waals surface area contributed by atoms with E-state index in [2.05, 4.69) is 12.1 Å². The second-order valence-corrected chi connectivity index (χ2v) is 11.1. The average Bonchev–Trinajstić information content (AvgIpc) is 2.98. The molecule has 0 aromatic heterocycles. The zero-order valence-electron chi connectivity index (χ0n) is 25.4. The predicted octanol–water partition coefficient (Wildman–Crippen LogP) is 5.92. The van der Waals surface area contributed by atoms with Gasteiger partial charge < -0.3 is 18.9 Å². The van der Waals surface area contributed by atoms with Crippen molar-refractivity contribution >= 4 is 23.5 Å². The lowest BCUT2D eigenvalue weighted by atomic mass is 9.98. The maximum absolute atomic E-state index is 12.6. The molecule has 0 radical (unpaired) electrons. The Kier molecular flexibility index (Phi) is 14.9. The SMILES string of the molecule is CC(C)(OCCOC(=O)CCCCC(=O)C(C)(C)OCc1ccccc1)C(=O)CCCCC(=O)OCc1cc#ccc1. The van der Waals surface area contributed by atoms with E-state index in [9.17, 15) is 19.2 Å². The minimum absolute atomic E-state index is 0.00653. The van der Waals surface area contributed by atoms with Crippen LogP contribution in [-0.2, 0) is 51.3 Å². The van der Waals surface area contributed by atoms with E-state index in [-0.39, 0.29) is 62.6 Å². The first kappa shape index (κ1) is 34.7. The maximum Gasteiger partial charge on any atom is 0.306 e. The molecule has 8 nitrogen and oxygen atoms in total. The molecule has 0 atom stereocenters. The van der Waals surface area contributed by atoms with Crippen molar-refractivity contribution in [3.63, 3.8) is 0 Å². The van der Waals surface area contributed by atoms with E-state index in [1.165, 1.54) is 0 Å². The van der Waals surface area contributed by atoms with Gasteiger partial charge in [-0.1, -0.05) is 42.5 Å². The Morgan fingerprint density at radius 3 is 1.79 bits per heavy atom. The highest BCUT2D eigenvalue weighted by molar-refractivity contribution is 5.87. The van der Waals surface area contributed by atoms with E-state index in [1.54, 1.807) is 39.8 Å². The lowest BCUT2D eigenvalue weighted by molar-refractivity contribution is -0.151. The van der Waals surface area contributed by atoms with Crippen molar-refractivity contribution < 1.29 is 38.1 Å². The third kappa shape index (κ3) is 13.9. The lowest BCUT2D eigenvalue weighted by Gasteiger charge is -2.24. The summed E-state index contributed by atoms with van der Waals surface area (Å²) in [6.07, 6.45) is 3.21. The summed E-state index contributed by atoms with van der Waals surface area (Å²) < 4.78 is 21.9. The molecule has 42 heavy (non-hydrogen) atoms. The summed E-state index contributed by atoms with van der Waals surface area (Å²) in [7, 11) is 0. The topological polar surface area (TPSA) is 105 Å². The number of carbonyl (C=O) groups is 4. The van der Waals surface area contributed by atoms with E-state index in [4.69, 9.17) is 18.9 Å². The second kappa shape index (κ2) is 18.1. The minimum Gasteiger partial charge on any atom is -0.463 e. The molecule has 0 aliphatic rings. The molecule has 2 rings (SSSR count). The Morgan fingerprint density at radius 1 is 0.619 bits per heavy atom. The molecule has 0 amide bonds. The summed E-state index contributed by atoms with van der Waals surface area (Å²) in [6.45, 7) is 7.58. The van der Waals surface area contributed by atoms with Crippen LogP contribution in [0, 0.1) is 12.1 Å². The minimum atomic E-state index is -1.02. The van der Waals surface area contributed by atoms with Crippen LogP contribution in [0.5, 0.6) is 0 Å². The van der Waals surface area contributed by atoms with Gasteiger partial charge in [-0.25, -0.2) is 0 Å². The molecule has 0 unspecified atom stereocenters. The number of rotatable bonds is 21. The van der Waals surface area contributed by atoms with Gasteiger partial charge in [0.25, 0.3) is 0 Å². The molecule has 0 heterocycles. The Balaban J connectivity index is 1.51. The number of hydrogen-bond donors (Lipinski definition) is 0. The van der Waals surface area contributed by atoms with Gasteiger partial charge in [0.15, 0.2) is 11.6 Å². The van der Waals surface area contributed by atoms with Crippen molar-refractivity contribution in [1.29, 1.82) is 0 Å².